The molecule has 0 radical (unpaired) electrons. The first-order chi connectivity index (χ1) is 6.27. The van der Waals surface area contributed by atoms with Gasteiger partial charge in [-0.1, -0.05) is 30.4 Å². The van der Waals surface area contributed by atoms with Crippen LogP contribution in [-0.4, -0.2) is 9.78 Å². The second-order valence-electron chi connectivity index (χ2n) is 2.38. The molecule has 0 atom stereocenters. The molecule has 13 heavy (non-hydrogen) atoms. The normalized spacial score (nSPS) is 10.2. The Morgan fingerprint density at radius 1 is 1.31 bits per heavy atom. The standard InChI is InChI=1S/C8H6N2S3/c11-7-9-10(8(12)13-7)6-4-2-1-3-5-6/h1-5H,(H,9,11)/p-1. The number of aromatic nitrogens is 2. The summed E-state index contributed by atoms with van der Waals surface area (Å²) < 4.78 is 2.95. The Morgan fingerprint density at radius 3 is 2.54 bits per heavy atom. The minimum absolute atomic E-state index is 0.578. The molecule has 1 heterocycles. The SMILES string of the molecule is S=c1sc([S-])nn1-c1ccccc1. The number of nitrogens with zero attached hydrogens (tertiary/aromatic N) is 2. The van der Waals surface area contributed by atoms with Gasteiger partial charge in [-0.15, -0.1) is 0 Å². The number of hydrogen-bond acceptors (Lipinski definition) is 4. The quantitative estimate of drug-likeness (QED) is 0.549. The maximum atomic E-state index is 5.11. The van der Waals surface area contributed by atoms with Gasteiger partial charge in [-0.05, 0) is 16.5 Å². The van der Waals surface area contributed by atoms with E-state index in [0.29, 0.717) is 8.29 Å². The fraction of sp³-hybridized carbons (Fsp3) is 0. The predicted octanol–water partition coefficient (Wildman–Crippen LogP) is 2.57. The highest BCUT2D eigenvalue weighted by molar-refractivity contribution is 7.74. The minimum Gasteiger partial charge on any atom is -0.406 e. The van der Waals surface area contributed by atoms with Crippen LogP contribution in [0.15, 0.2) is 34.7 Å². The van der Waals surface area contributed by atoms with Gasteiger partial charge in [0.05, 0.1) is 9.64 Å². The molecule has 0 aliphatic rings. The van der Waals surface area contributed by atoms with Crippen LogP contribution in [-0.2, 0) is 12.6 Å². The molecule has 66 valence electrons. The van der Waals surface area contributed by atoms with Crippen LogP contribution in [0.5, 0.6) is 0 Å². The molecule has 0 amide bonds. The van der Waals surface area contributed by atoms with Crippen LogP contribution in [0, 0.1) is 3.95 Å². The predicted molar refractivity (Wildman–Crippen MR) is 57.9 cm³/mol. The van der Waals surface area contributed by atoms with E-state index in [2.05, 4.69) is 5.10 Å². The van der Waals surface area contributed by atoms with Gasteiger partial charge in [0.1, 0.15) is 0 Å². The summed E-state index contributed by atoms with van der Waals surface area (Å²) in [6, 6.07) is 9.74. The highest BCUT2D eigenvalue weighted by atomic mass is 32.2. The first kappa shape index (κ1) is 8.80. The fourth-order valence-electron chi connectivity index (χ4n) is 0.993. The van der Waals surface area contributed by atoms with Crippen LogP contribution >= 0.6 is 23.6 Å². The van der Waals surface area contributed by atoms with E-state index >= 15 is 0 Å². The smallest absolute Gasteiger partial charge is 0.0904 e. The lowest BCUT2D eigenvalue weighted by Gasteiger charge is -2.00. The highest BCUT2D eigenvalue weighted by Crippen LogP contribution is 2.13. The second-order valence-corrected chi connectivity index (χ2v) is 4.65. The molecule has 0 unspecified atom stereocenters. The number of hydrogen-bond donors (Lipinski definition) is 0. The third-order valence-corrected chi connectivity index (χ3v) is 2.89. The summed E-state index contributed by atoms with van der Waals surface area (Å²) in [5.74, 6) is 0. The third kappa shape index (κ3) is 1.77. The van der Waals surface area contributed by atoms with E-state index in [4.69, 9.17) is 24.8 Å². The van der Waals surface area contributed by atoms with Gasteiger partial charge in [-0.3, -0.25) is 0 Å². The zero-order valence-electron chi connectivity index (χ0n) is 6.51. The van der Waals surface area contributed by atoms with E-state index in [1.165, 1.54) is 11.3 Å². The van der Waals surface area contributed by atoms with Crippen molar-refractivity contribution >= 4 is 36.2 Å². The Morgan fingerprint density at radius 2 is 2.00 bits per heavy atom. The van der Waals surface area contributed by atoms with E-state index in [0.717, 1.165) is 5.69 Å². The molecule has 2 rings (SSSR count). The second kappa shape index (κ2) is 3.53. The average Bonchev–Trinajstić information content (AvgIpc) is 2.47. The van der Waals surface area contributed by atoms with Crippen LogP contribution in [0.1, 0.15) is 0 Å². The number of rotatable bonds is 1. The van der Waals surface area contributed by atoms with Crippen LogP contribution in [0.3, 0.4) is 0 Å². The summed E-state index contributed by atoms with van der Waals surface area (Å²) in [7, 11) is 0. The van der Waals surface area contributed by atoms with Crippen molar-refractivity contribution in [2.24, 2.45) is 0 Å². The summed E-state index contributed by atoms with van der Waals surface area (Å²) in [5.41, 5.74) is 0.958. The van der Waals surface area contributed by atoms with Gasteiger partial charge in [0.25, 0.3) is 0 Å². The number of benzene rings is 1. The van der Waals surface area contributed by atoms with Crippen molar-refractivity contribution < 1.29 is 0 Å². The van der Waals surface area contributed by atoms with Crippen molar-refractivity contribution in [2.75, 3.05) is 0 Å². The molecule has 0 spiro atoms. The Hall–Kier alpha value is -0.780. The zero-order valence-corrected chi connectivity index (χ0v) is 8.96. The fourth-order valence-corrected chi connectivity index (χ4v) is 2.36. The minimum atomic E-state index is 0.578. The van der Waals surface area contributed by atoms with Gasteiger partial charge in [0.15, 0.2) is 0 Å². The molecular weight excluding hydrogens is 220 g/mol. The highest BCUT2D eigenvalue weighted by Gasteiger charge is 1.94. The van der Waals surface area contributed by atoms with Gasteiger partial charge < -0.3 is 24.0 Å². The van der Waals surface area contributed by atoms with Gasteiger partial charge in [0.2, 0.25) is 0 Å². The van der Waals surface area contributed by atoms with Crippen LogP contribution in [0.25, 0.3) is 5.69 Å². The topological polar surface area (TPSA) is 17.8 Å². The zero-order chi connectivity index (χ0) is 9.26. The lowest BCUT2D eigenvalue weighted by Crippen LogP contribution is -1.95. The van der Waals surface area contributed by atoms with E-state index in [1.807, 2.05) is 30.3 Å². The monoisotopic (exact) mass is 225 g/mol. The average molecular weight is 225 g/mol. The molecule has 0 N–H and O–H groups in total. The Kier molecular flexibility index (Phi) is 2.39. The van der Waals surface area contributed by atoms with E-state index in [9.17, 15) is 0 Å². The molecule has 0 bridgehead atoms. The molecule has 0 saturated carbocycles. The first-order valence-corrected chi connectivity index (χ1v) is 5.23. The molecule has 0 aliphatic heterocycles. The molecule has 0 saturated heterocycles. The molecule has 1 aromatic heterocycles. The van der Waals surface area contributed by atoms with E-state index < -0.39 is 0 Å². The largest absolute Gasteiger partial charge is 0.406 e. The molecule has 0 aliphatic carbocycles. The molecule has 2 nitrogen and oxygen atoms in total. The van der Waals surface area contributed by atoms with Gasteiger partial charge in [-0.2, -0.15) is 5.10 Å². The first-order valence-electron chi connectivity index (χ1n) is 3.60. The summed E-state index contributed by atoms with van der Waals surface area (Å²) in [4.78, 5) is 0. The van der Waals surface area contributed by atoms with Gasteiger partial charge in [0, 0.05) is 0 Å². The summed E-state index contributed by atoms with van der Waals surface area (Å²) in [5, 5.41) is 4.13. The summed E-state index contributed by atoms with van der Waals surface area (Å²) in [6.07, 6.45) is 0. The lowest BCUT2D eigenvalue weighted by atomic mass is 10.3. The molecular formula is C8H5N2S3-. The van der Waals surface area contributed by atoms with Gasteiger partial charge in [-0.25, -0.2) is 4.68 Å². The molecule has 0 fully saturated rings. The molecule has 5 heteroatoms. The van der Waals surface area contributed by atoms with E-state index in [1.54, 1.807) is 4.68 Å². The van der Waals surface area contributed by atoms with Crippen LogP contribution < -0.4 is 0 Å². The molecule has 2 aromatic rings. The Labute approximate surface area is 90.3 Å². The maximum absolute atomic E-state index is 5.11. The van der Waals surface area contributed by atoms with Crippen LogP contribution in [0.2, 0.25) is 0 Å². The van der Waals surface area contributed by atoms with Crippen molar-refractivity contribution in [3.05, 3.63) is 34.3 Å². The van der Waals surface area contributed by atoms with Crippen molar-refractivity contribution in [1.29, 1.82) is 0 Å². The van der Waals surface area contributed by atoms with Crippen molar-refractivity contribution in [3.8, 4) is 5.69 Å². The number of para-hydroxylation sites is 1. The summed E-state index contributed by atoms with van der Waals surface area (Å²) in [6.45, 7) is 0. The Balaban J connectivity index is 2.59. The van der Waals surface area contributed by atoms with Crippen molar-refractivity contribution in [3.63, 3.8) is 0 Å². The van der Waals surface area contributed by atoms with Crippen LogP contribution in [0.4, 0.5) is 0 Å². The summed E-state index contributed by atoms with van der Waals surface area (Å²) >= 11 is 11.4. The van der Waals surface area contributed by atoms with Gasteiger partial charge >= 0.3 is 0 Å². The Bertz CT molecular complexity index is 458. The van der Waals surface area contributed by atoms with E-state index in [-0.39, 0.29) is 0 Å². The van der Waals surface area contributed by atoms with Crippen molar-refractivity contribution in [2.45, 2.75) is 4.34 Å². The van der Waals surface area contributed by atoms with Crippen molar-refractivity contribution in [1.82, 2.24) is 9.78 Å². The molecule has 1 aromatic carbocycles. The third-order valence-electron chi connectivity index (χ3n) is 1.53. The maximum Gasteiger partial charge on any atom is 0.0904 e. The lowest BCUT2D eigenvalue weighted by molar-refractivity contribution is 0.830.